The summed E-state index contributed by atoms with van der Waals surface area (Å²) in [5, 5.41) is 13.0. The monoisotopic (exact) mass is 427 g/mol. The van der Waals surface area contributed by atoms with Crippen molar-refractivity contribution in [1.82, 2.24) is 14.9 Å². The maximum Gasteiger partial charge on any atom is 0.417 e. The molecule has 1 spiro atoms. The average molecular weight is 427 g/mol. The summed E-state index contributed by atoms with van der Waals surface area (Å²) in [7, 11) is 0. The molecule has 0 aromatic carbocycles. The third kappa shape index (κ3) is 4.65. The van der Waals surface area contributed by atoms with Crippen LogP contribution in [-0.2, 0) is 12.7 Å². The zero-order chi connectivity index (χ0) is 20.6. The van der Waals surface area contributed by atoms with E-state index in [4.69, 9.17) is 0 Å². The first-order valence-electron chi connectivity index (χ1n) is 9.61. The Morgan fingerprint density at radius 3 is 2.79 bits per heavy atom. The molecule has 10 heteroatoms. The van der Waals surface area contributed by atoms with Crippen LogP contribution in [0.1, 0.15) is 30.2 Å². The van der Waals surface area contributed by atoms with Crippen LogP contribution in [0.3, 0.4) is 0 Å². The molecule has 2 aliphatic rings. The quantitative estimate of drug-likeness (QED) is 0.713. The number of hydrogen-bond donors (Lipinski definition) is 2. The molecule has 0 amide bonds. The number of anilines is 2. The minimum absolute atomic E-state index is 0.111. The van der Waals surface area contributed by atoms with Gasteiger partial charge in [0.05, 0.1) is 17.4 Å². The Bertz CT molecular complexity index is 858. The van der Waals surface area contributed by atoms with E-state index in [1.165, 1.54) is 23.6 Å². The van der Waals surface area contributed by atoms with Gasteiger partial charge in [-0.15, -0.1) is 11.3 Å². The molecular weight excluding hydrogens is 403 g/mol. The van der Waals surface area contributed by atoms with Gasteiger partial charge in [-0.2, -0.15) is 13.2 Å². The van der Waals surface area contributed by atoms with Crippen molar-refractivity contribution in [2.45, 2.75) is 38.7 Å². The van der Waals surface area contributed by atoms with Gasteiger partial charge in [0.1, 0.15) is 6.23 Å². The predicted octanol–water partition coefficient (Wildman–Crippen LogP) is 3.41. The Morgan fingerprint density at radius 2 is 2.03 bits per heavy atom. The fourth-order valence-corrected chi connectivity index (χ4v) is 5.19. The number of hydrogen-bond acceptors (Lipinski definition) is 7. The Balaban J connectivity index is 1.37. The molecule has 2 saturated heterocycles. The van der Waals surface area contributed by atoms with Crippen LogP contribution in [0.4, 0.5) is 24.0 Å². The molecule has 29 heavy (non-hydrogen) atoms. The maximum atomic E-state index is 13.0. The first-order chi connectivity index (χ1) is 13.7. The van der Waals surface area contributed by atoms with Crippen LogP contribution in [0.25, 0.3) is 0 Å². The number of aliphatic hydroxyl groups is 1. The van der Waals surface area contributed by atoms with E-state index >= 15 is 0 Å². The predicted molar refractivity (Wildman–Crippen MR) is 106 cm³/mol. The average Bonchev–Trinajstić information content (AvgIpc) is 3.36. The van der Waals surface area contributed by atoms with Gasteiger partial charge >= 0.3 is 6.18 Å². The van der Waals surface area contributed by atoms with E-state index in [1.807, 2.05) is 11.1 Å². The lowest BCUT2D eigenvalue weighted by Crippen LogP contribution is -2.30. The fourth-order valence-electron chi connectivity index (χ4n) is 4.25. The number of aliphatic hydroxyl groups excluding tert-OH is 1. The van der Waals surface area contributed by atoms with Gasteiger partial charge in [-0.1, -0.05) is 0 Å². The van der Waals surface area contributed by atoms with Crippen molar-refractivity contribution in [3.63, 3.8) is 0 Å². The molecule has 6 nitrogen and oxygen atoms in total. The lowest BCUT2D eigenvalue weighted by Gasteiger charge is -2.25. The number of thiazole rings is 1. The Hall–Kier alpha value is -1.91. The molecule has 2 fully saturated rings. The van der Waals surface area contributed by atoms with E-state index in [-0.39, 0.29) is 5.41 Å². The van der Waals surface area contributed by atoms with Crippen molar-refractivity contribution in [1.29, 1.82) is 0 Å². The van der Waals surface area contributed by atoms with E-state index in [0.29, 0.717) is 10.8 Å². The summed E-state index contributed by atoms with van der Waals surface area (Å²) in [6.07, 6.45) is 1.22. The highest BCUT2D eigenvalue weighted by atomic mass is 32.1. The largest absolute Gasteiger partial charge is 0.417 e. The third-order valence-corrected chi connectivity index (χ3v) is 6.55. The molecule has 2 N–H and O–H groups in total. The van der Waals surface area contributed by atoms with E-state index < -0.39 is 18.0 Å². The summed E-state index contributed by atoms with van der Waals surface area (Å²) < 4.78 is 39.0. The number of likely N-dealkylation sites (tertiary alicyclic amines) is 1. The molecule has 0 radical (unpaired) electrons. The van der Waals surface area contributed by atoms with Crippen molar-refractivity contribution in [2.75, 3.05) is 36.4 Å². The SMILES string of the molecule is CC(O)Nc1ncc(CN2CCC3(CCN(c4cncc(C(F)(F)F)c4)C3)C2)s1. The molecule has 2 atom stereocenters. The third-order valence-electron chi connectivity index (χ3n) is 5.64. The summed E-state index contributed by atoms with van der Waals surface area (Å²) in [5.74, 6) is 0. The molecule has 2 aliphatic heterocycles. The van der Waals surface area contributed by atoms with Gasteiger partial charge in [0.2, 0.25) is 0 Å². The van der Waals surface area contributed by atoms with Crippen molar-refractivity contribution in [3.8, 4) is 0 Å². The molecule has 2 aromatic rings. The van der Waals surface area contributed by atoms with Gasteiger partial charge in [0.15, 0.2) is 5.13 Å². The van der Waals surface area contributed by atoms with Gasteiger partial charge in [0, 0.05) is 48.9 Å². The van der Waals surface area contributed by atoms with E-state index in [9.17, 15) is 18.3 Å². The molecule has 158 valence electrons. The zero-order valence-electron chi connectivity index (χ0n) is 16.1. The topological polar surface area (TPSA) is 64.5 Å². The zero-order valence-corrected chi connectivity index (χ0v) is 16.9. The second-order valence-electron chi connectivity index (χ2n) is 8.01. The number of pyridine rings is 1. The molecule has 0 saturated carbocycles. The van der Waals surface area contributed by atoms with Gasteiger partial charge in [0.25, 0.3) is 0 Å². The van der Waals surface area contributed by atoms with Crippen LogP contribution in [0, 0.1) is 5.41 Å². The number of alkyl halides is 3. The molecule has 0 aliphatic carbocycles. The Kier molecular flexibility index (Phi) is 5.43. The highest BCUT2D eigenvalue weighted by molar-refractivity contribution is 7.15. The van der Waals surface area contributed by atoms with Crippen molar-refractivity contribution in [3.05, 3.63) is 35.1 Å². The van der Waals surface area contributed by atoms with E-state index in [2.05, 4.69) is 20.2 Å². The van der Waals surface area contributed by atoms with Crippen LogP contribution < -0.4 is 10.2 Å². The van der Waals surface area contributed by atoms with Crippen LogP contribution in [0.5, 0.6) is 0 Å². The van der Waals surface area contributed by atoms with Crippen LogP contribution in [0.15, 0.2) is 24.7 Å². The number of halogens is 3. The molecule has 2 unspecified atom stereocenters. The maximum absolute atomic E-state index is 13.0. The van der Waals surface area contributed by atoms with Crippen molar-refractivity contribution < 1.29 is 18.3 Å². The Labute approximate surface area is 171 Å². The first kappa shape index (κ1) is 20.4. The summed E-state index contributed by atoms with van der Waals surface area (Å²) in [6.45, 7) is 5.84. The Morgan fingerprint density at radius 1 is 1.24 bits per heavy atom. The minimum Gasteiger partial charge on any atom is -0.374 e. The summed E-state index contributed by atoms with van der Waals surface area (Å²) in [4.78, 5) is 13.6. The fraction of sp³-hybridized carbons (Fsp3) is 0.579. The normalized spacial score (nSPS) is 23.8. The molecule has 4 heterocycles. The van der Waals surface area contributed by atoms with Gasteiger partial charge in [-0.25, -0.2) is 4.98 Å². The van der Waals surface area contributed by atoms with Crippen LogP contribution in [0.2, 0.25) is 0 Å². The molecular formula is C19H24F3N5OS. The second kappa shape index (κ2) is 7.73. The summed E-state index contributed by atoms with van der Waals surface area (Å²) in [5.41, 5.74) is -0.0400. The second-order valence-corrected chi connectivity index (χ2v) is 9.13. The standard InChI is InChI=1S/C19H24F3N5OS/c1-13(28)25-17-24-9-16(29-17)10-26-4-2-18(11-26)3-5-27(12-18)15-6-14(7-23-8-15)19(20,21)22/h6-9,13,28H,2-5,10-12H2,1H3,(H,24,25). The van der Waals surface area contributed by atoms with Crippen LogP contribution in [-0.4, -0.2) is 52.4 Å². The summed E-state index contributed by atoms with van der Waals surface area (Å²) >= 11 is 1.53. The van der Waals surface area contributed by atoms with Gasteiger partial charge < -0.3 is 15.3 Å². The summed E-state index contributed by atoms with van der Waals surface area (Å²) in [6, 6.07) is 1.20. The van der Waals surface area contributed by atoms with Gasteiger partial charge in [-0.05, 0) is 32.4 Å². The number of rotatable bonds is 5. The number of nitrogens with zero attached hydrogens (tertiary/aromatic N) is 4. The van der Waals surface area contributed by atoms with Crippen LogP contribution >= 0.6 is 11.3 Å². The lowest BCUT2D eigenvalue weighted by molar-refractivity contribution is -0.137. The molecule has 0 bridgehead atoms. The first-order valence-corrected chi connectivity index (χ1v) is 10.4. The van der Waals surface area contributed by atoms with E-state index in [0.717, 1.165) is 56.6 Å². The molecule has 2 aromatic heterocycles. The minimum atomic E-state index is -4.37. The van der Waals surface area contributed by atoms with Crippen molar-refractivity contribution >= 4 is 22.2 Å². The highest BCUT2D eigenvalue weighted by Gasteiger charge is 2.44. The van der Waals surface area contributed by atoms with E-state index in [1.54, 1.807) is 6.92 Å². The molecule has 4 rings (SSSR count). The smallest absolute Gasteiger partial charge is 0.374 e. The van der Waals surface area contributed by atoms with Crippen molar-refractivity contribution in [2.24, 2.45) is 5.41 Å². The number of nitrogens with one attached hydrogen (secondary N) is 1. The highest BCUT2D eigenvalue weighted by Crippen LogP contribution is 2.42. The van der Waals surface area contributed by atoms with Gasteiger partial charge in [-0.3, -0.25) is 9.88 Å². The lowest BCUT2D eigenvalue weighted by atomic mass is 9.86. The number of aromatic nitrogens is 2.